The molecule has 0 aliphatic heterocycles. The van der Waals surface area contributed by atoms with Gasteiger partial charge < -0.3 is 9.64 Å². The maximum Gasteiger partial charge on any atom is 0.213 e. The summed E-state index contributed by atoms with van der Waals surface area (Å²) < 4.78 is 17.1. The van der Waals surface area contributed by atoms with Crippen LogP contribution in [0.3, 0.4) is 0 Å². The molecule has 110 valence electrons. The fourth-order valence-corrected chi connectivity index (χ4v) is 1.79. The van der Waals surface area contributed by atoms with Gasteiger partial charge in [0.1, 0.15) is 13.3 Å². The number of benzene rings is 1. The first kappa shape index (κ1) is 15.0. The number of anilines is 1. The zero-order chi connectivity index (χ0) is 15.1. The highest BCUT2D eigenvalue weighted by atomic mass is 19.1. The number of pyridine rings is 1. The second kappa shape index (κ2) is 7.43. The third-order valence-corrected chi connectivity index (χ3v) is 2.96. The summed E-state index contributed by atoms with van der Waals surface area (Å²) in [6.45, 7) is -0.466. The van der Waals surface area contributed by atoms with E-state index in [1.165, 1.54) is 5.69 Å². The van der Waals surface area contributed by atoms with Crippen molar-refractivity contribution in [3.63, 3.8) is 0 Å². The summed E-state index contributed by atoms with van der Waals surface area (Å²) in [7, 11) is 4.03. The summed E-state index contributed by atoms with van der Waals surface area (Å²) in [6.07, 6.45) is 5.72. The van der Waals surface area contributed by atoms with E-state index in [1.54, 1.807) is 12.3 Å². The number of hydrogen-bond acceptors (Lipinski definition) is 3. The second-order valence-corrected chi connectivity index (χ2v) is 4.79. The van der Waals surface area contributed by atoms with Crippen LogP contribution in [0, 0.1) is 0 Å². The van der Waals surface area contributed by atoms with E-state index in [1.807, 2.05) is 32.3 Å². The first-order valence-electron chi connectivity index (χ1n) is 6.79. The molecule has 0 unspecified atom stereocenters. The van der Waals surface area contributed by atoms with Crippen LogP contribution >= 0.6 is 0 Å². The van der Waals surface area contributed by atoms with Crippen molar-refractivity contribution in [2.45, 2.75) is 0 Å². The van der Waals surface area contributed by atoms with Gasteiger partial charge in [0.05, 0.1) is 0 Å². The molecule has 0 bridgehead atoms. The molecule has 0 atom stereocenters. The zero-order valence-corrected chi connectivity index (χ0v) is 12.3. The number of ether oxygens (including phenoxy) is 1. The summed E-state index contributed by atoms with van der Waals surface area (Å²) >= 11 is 0. The highest BCUT2D eigenvalue weighted by Crippen LogP contribution is 2.15. The number of rotatable bonds is 6. The molecule has 0 fully saturated rings. The zero-order valence-electron chi connectivity index (χ0n) is 12.3. The van der Waals surface area contributed by atoms with Crippen molar-refractivity contribution in [2.24, 2.45) is 0 Å². The van der Waals surface area contributed by atoms with Gasteiger partial charge in [0, 0.05) is 32.0 Å². The number of halogens is 1. The van der Waals surface area contributed by atoms with Crippen LogP contribution in [0.5, 0.6) is 5.88 Å². The Kier molecular flexibility index (Phi) is 5.32. The van der Waals surface area contributed by atoms with E-state index in [9.17, 15) is 4.39 Å². The summed E-state index contributed by atoms with van der Waals surface area (Å²) in [5.41, 5.74) is 3.26. The number of alkyl halides is 1. The Morgan fingerprint density at radius 3 is 2.29 bits per heavy atom. The molecule has 1 aromatic heterocycles. The minimum atomic E-state index is -0.508. The van der Waals surface area contributed by atoms with Crippen LogP contribution in [-0.4, -0.2) is 32.4 Å². The lowest BCUT2D eigenvalue weighted by molar-refractivity contribution is 0.264. The van der Waals surface area contributed by atoms with Gasteiger partial charge in [-0.1, -0.05) is 24.3 Å². The van der Waals surface area contributed by atoms with E-state index < -0.39 is 6.67 Å². The van der Waals surface area contributed by atoms with Gasteiger partial charge in [-0.2, -0.15) is 0 Å². The normalized spacial score (nSPS) is 10.8. The number of aromatic nitrogens is 1. The van der Waals surface area contributed by atoms with E-state index in [0.717, 1.165) is 11.1 Å². The van der Waals surface area contributed by atoms with Gasteiger partial charge >= 0.3 is 0 Å². The molecule has 0 amide bonds. The Labute approximate surface area is 124 Å². The largest absolute Gasteiger partial charge is 0.475 e. The summed E-state index contributed by atoms with van der Waals surface area (Å²) in [4.78, 5) is 6.18. The third kappa shape index (κ3) is 4.60. The van der Waals surface area contributed by atoms with Crippen molar-refractivity contribution in [2.75, 3.05) is 32.3 Å². The minimum Gasteiger partial charge on any atom is -0.475 e. The van der Waals surface area contributed by atoms with Crippen LogP contribution in [0.2, 0.25) is 0 Å². The Bertz CT molecular complexity index is 577. The maximum atomic E-state index is 12.0. The van der Waals surface area contributed by atoms with Gasteiger partial charge in [0.25, 0.3) is 0 Å². The lowest BCUT2D eigenvalue weighted by atomic mass is 10.1. The minimum absolute atomic E-state index is 0.0421. The van der Waals surface area contributed by atoms with E-state index in [0.29, 0.717) is 5.88 Å². The number of nitrogens with zero attached hydrogens (tertiary/aromatic N) is 2. The van der Waals surface area contributed by atoms with E-state index in [2.05, 4.69) is 34.1 Å². The average molecular weight is 286 g/mol. The smallest absolute Gasteiger partial charge is 0.213 e. The predicted molar refractivity (Wildman–Crippen MR) is 85.4 cm³/mol. The molecular formula is C17H19FN2O. The molecule has 0 spiro atoms. The molecule has 0 N–H and O–H groups in total. The first-order chi connectivity index (χ1) is 10.2. The van der Waals surface area contributed by atoms with Gasteiger partial charge in [-0.3, -0.25) is 0 Å². The molecule has 21 heavy (non-hydrogen) atoms. The maximum absolute atomic E-state index is 12.0. The second-order valence-electron chi connectivity index (χ2n) is 4.79. The predicted octanol–water partition coefficient (Wildman–Crippen LogP) is 3.67. The molecule has 2 aromatic rings. The van der Waals surface area contributed by atoms with Gasteiger partial charge in [-0.25, -0.2) is 9.37 Å². The van der Waals surface area contributed by atoms with Crippen molar-refractivity contribution in [3.8, 4) is 5.88 Å². The van der Waals surface area contributed by atoms with Gasteiger partial charge in [0.2, 0.25) is 5.88 Å². The van der Waals surface area contributed by atoms with Crippen molar-refractivity contribution < 1.29 is 9.13 Å². The van der Waals surface area contributed by atoms with Gasteiger partial charge in [0.15, 0.2) is 0 Å². The Morgan fingerprint density at radius 1 is 1.05 bits per heavy atom. The fourth-order valence-electron chi connectivity index (χ4n) is 1.79. The van der Waals surface area contributed by atoms with Crippen LogP contribution in [0.1, 0.15) is 11.1 Å². The van der Waals surface area contributed by atoms with Gasteiger partial charge in [-0.15, -0.1) is 0 Å². The first-order valence-corrected chi connectivity index (χ1v) is 6.79. The van der Waals surface area contributed by atoms with Gasteiger partial charge in [-0.05, 0) is 29.3 Å². The lowest BCUT2D eigenvalue weighted by Gasteiger charge is -2.11. The van der Waals surface area contributed by atoms with E-state index in [-0.39, 0.29) is 6.61 Å². The summed E-state index contributed by atoms with van der Waals surface area (Å²) in [6, 6.07) is 11.9. The molecule has 0 radical (unpaired) electrons. The highest BCUT2D eigenvalue weighted by Gasteiger charge is 1.96. The quantitative estimate of drug-likeness (QED) is 0.810. The standard InChI is InChI=1S/C17H19FN2O/c1-20(2)16-8-5-14(6-9-16)3-4-15-7-10-17(19-13-15)21-12-11-18/h3-10,13H,11-12H2,1-2H3/b4-3+. The van der Waals surface area contributed by atoms with Crippen molar-refractivity contribution in [3.05, 3.63) is 53.7 Å². The molecule has 1 heterocycles. The molecule has 0 saturated heterocycles. The lowest BCUT2D eigenvalue weighted by Crippen LogP contribution is -2.07. The van der Waals surface area contributed by atoms with Crippen LogP contribution in [0.15, 0.2) is 42.6 Å². The van der Waals surface area contributed by atoms with Crippen LogP contribution in [0.25, 0.3) is 12.2 Å². The Hall–Kier alpha value is -2.36. The van der Waals surface area contributed by atoms with Crippen molar-refractivity contribution in [1.29, 1.82) is 0 Å². The monoisotopic (exact) mass is 286 g/mol. The van der Waals surface area contributed by atoms with Crippen molar-refractivity contribution >= 4 is 17.8 Å². The van der Waals surface area contributed by atoms with Crippen LogP contribution in [-0.2, 0) is 0 Å². The van der Waals surface area contributed by atoms with Crippen LogP contribution < -0.4 is 9.64 Å². The molecule has 0 aliphatic carbocycles. The fraction of sp³-hybridized carbons (Fsp3) is 0.235. The van der Waals surface area contributed by atoms with E-state index in [4.69, 9.17) is 4.74 Å². The SMILES string of the molecule is CN(C)c1ccc(/C=C/c2ccc(OCCF)nc2)cc1. The molecule has 4 heteroatoms. The molecule has 2 rings (SSSR count). The van der Waals surface area contributed by atoms with E-state index >= 15 is 0 Å². The molecule has 1 aromatic carbocycles. The topological polar surface area (TPSA) is 25.4 Å². The molecular weight excluding hydrogens is 267 g/mol. The Morgan fingerprint density at radius 2 is 1.71 bits per heavy atom. The van der Waals surface area contributed by atoms with Crippen LogP contribution in [0.4, 0.5) is 10.1 Å². The third-order valence-electron chi connectivity index (χ3n) is 2.96. The summed E-state index contributed by atoms with van der Waals surface area (Å²) in [5.74, 6) is 0.445. The molecule has 3 nitrogen and oxygen atoms in total. The number of hydrogen-bond donors (Lipinski definition) is 0. The van der Waals surface area contributed by atoms with Crippen molar-refractivity contribution in [1.82, 2.24) is 4.98 Å². The molecule has 0 saturated carbocycles. The highest BCUT2D eigenvalue weighted by molar-refractivity contribution is 5.70. The average Bonchev–Trinajstić information content (AvgIpc) is 2.52. The Balaban J connectivity index is 2.00. The summed E-state index contributed by atoms with van der Waals surface area (Å²) in [5, 5.41) is 0. The molecule has 0 aliphatic rings.